The lowest BCUT2D eigenvalue weighted by molar-refractivity contribution is 0.345. The predicted molar refractivity (Wildman–Crippen MR) is 92.1 cm³/mol. The third-order valence-electron chi connectivity index (χ3n) is 4.12. The van der Waals surface area contributed by atoms with Gasteiger partial charge in [0.1, 0.15) is 5.82 Å². The largest absolute Gasteiger partial charge is 0.337 e. The van der Waals surface area contributed by atoms with Crippen molar-refractivity contribution in [1.82, 2.24) is 15.5 Å². The number of nitrogens with one attached hydrogen (secondary N) is 1. The third-order valence-corrected chi connectivity index (χ3v) is 4.12. The number of hydrogen-bond acceptors (Lipinski definition) is 4. The Labute approximate surface area is 145 Å². The molecule has 0 spiro atoms. The van der Waals surface area contributed by atoms with Crippen LogP contribution in [0.15, 0.2) is 53.1 Å². The van der Waals surface area contributed by atoms with E-state index in [2.05, 4.69) is 27.3 Å². The van der Waals surface area contributed by atoms with Crippen LogP contribution in [0.5, 0.6) is 0 Å². The van der Waals surface area contributed by atoms with Crippen LogP contribution in [0, 0.1) is 17.7 Å². The van der Waals surface area contributed by atoms with Gasteiger partial charge in [-0.15, -0.1) is 0 Å². The SMILES string of the molecule is Fc1cccc(C#Cc2ccc(-c3noc(C4CCCN4)n3)cc2)c1. The summed E-state index contributed by atoms with van der Waals surface area (Å²) >= 11 is 0. The standard InChI is InChI=1S/C20H16FN3O/c21-17-4-1-3-15(13-17)7-6-14-8-10-16(11-9-14)19-23-20(25-24-19)18-5-2-12-22-18/h1,3-4,8-11,13,18,22H,2,5,12H2. The second kappa shape index (κ2) is 6.88. The van der Waals surface area contributed by atoms with Crippen molar-refractivity contribution in [2.45, 2.75) is 18.9 Å². The molecule has 2 heterocycles. The van der Waals surface area contributed by atoms with Crippen LogP contribution in [-0.4, -0.2) is 16.7 Å². The fourth-order valence-corrected chi connectivity index (χ4v) is 2.80. The van der Waals surface area contributed by atoms with Gasteiger partial charge in [-0.1, -0.05) is 23.1 Å². The first-order valence-electron chi connectivity index (χ1n) is 8.23. The van der Waals surface area contributed by atoms with Crippen LogP contribution >= 0.6 is 0 Å². The summed E-state index contributed by atoms with van der Waals surface area (Å²) in [5.41, 5.74) is 2.37. The smallest absolute Gasteiger partial charge is 0.244 e. The Morgan fingerprint density at radius 3 is 2.68 bits per heavy atom. The van der Waals surface area contributed by atoms with Gasteiger partial charge in [0.2, 0.25) is 11.7 Å². The Kier molecular flexibility index (Phi) is 4.28. The molecule has 25 heavy (non-hydrogen) atoms. The summed E-state index contributed by atoms with van der Waals surface area (Å²) in [6, 6.07) is 14.0. The normalized spacial score (nSPS) is 16.4. The summed E-state index contributed by atoms with van der Waals surface area (Å²) in [5, 5.41) is 7.40. The number of rotatable bonds is 2. The highest BCUT2D eigenvalue weighted by molar-refractivity contribution is 5.56. The van der Waals surface area contributed by atoms with Crippen molar-refractivity contribution in [1.29, 1.82) is 0 Å². The van der Waals surface area contributed by atoms with Crippen LogP contribution in [0.2, 0.25) is 0 Å². The average molecular weight is 333 g/mol. The zero-order valence-corrected chi connectivity index (χ0v) is 13.5. The fraction of sp³-hybridized carbons (Fsp3) is 0.200. The van der Waals surface area contributed by atoms with Gasteiger partial charge in [-0.2, -0.15) is 4.98 Å². The maximum absolute atomic E-state index is 13.2. The molecular formula is C20H16FN3O. The van der Waals surface area contributed by atoms with Crippen LogP contribution in [-0.2, 0) is 0 Å². The zero-order chi connectivity index (χ0) is 17.1. The van der Waals surface area contributed by atoms with Gasteiger partial charge in [0, 0.05) is 16.7 Å². The van der Waals surface area contributed by atoms with Crippen molar-refractivity contribution < 1.29 is 8.91 Å². The number of benzene rings is 2. The van der Waals surface area contributed by atoms with E-state index in [0.717, 1.165) is 30.5 Å². The minimum Gasteiger partial charge on any atom is -0.337 e. The molecule has 1 saturated heterocycles. The van der Waals surface area contributed by atoms with Crippen molar-refractivity contribution in [2.24, 2.45) is 0 Å². The van der Waals surface area contributed by atoms with Crippen LogP contribution in [0.25, 0.3) is 11.4 Å². The summed E-state index contributed by atoms with van der Waals surface area (Å²) in [6.07, 6.45) is 2.15. The number of nitrogens with zero attached hydrogens (tertiary/aromatic N) is 2. The van der Waals surface area contributed by atoms with Gasteiger partial charge in [-0.25, -0.2) is 4.39 Å². The van der Waals surface area contributed by atoms with Crippen molar-refractivity contribution in [3.05, 3.63) is 71.4 Å². The zero-order valence-electron chi connectivity index (χ0n) is 13.5. The molecule has 0 amide bonds. The molecule has 4 nitrogen and oxygen atoms in total. The topological polar surface area (TPSA) is 51.0 Å². The van der Waals surface area contributed by atoms with Gasteiger partial charge in [0.15, 0.2) is 0 Å². The maximum Gasteiger partial charge on any atom is 0.244 e. The summed E-state index contributed by atoms with van der Waals surface area (Å²) in [6.45, 7) is 0.987. The van der Waals surface area contributed by atoms with E-state index in [9.17, 15) is 4.39 Å². The molecule has 2 aromatic carbocycles. The Hall–Kier alpha value is -2.97. The van der Waals surface area contributed by atoms with Crippen LogP contribution in [0.3, 0.4) is 0 Å². The van der Waals surface area contributed by atoms with Gasteiger partial charge in [-0.3, -0.25) is 0 Å². The van der Waals surface area contributed by atoms with Crippen LogP contribution in [0.4, 0.5) is 4.39 Å². The van der Waals surface area contributed by atoms with Crippen molar-refractivity contribution >= 4 is 0 Å². The molecule has 0 bridgehead atoms. The second-order valence-corrected chi connectivity index (χ2v) is 5.94. The molecule has 0 saturated carbocycles. The molecular weight excluding hydrogens is 317 g/mol. The minimum atomic E-state index is -0.285. The Bertz CT molecular complexity index is 931. The molecule has 1 aromatic heterocycles. The number of halogens is 1. The van der Waals surface area contributed by atoms with E-state index >= 15 is 0 Å². The molecule has 1 N–H and O–H groups in total. The lowest BCUT2D eigenvalue weighted by Crippen LogP contribution is -2.12. The summed E-state index contributed by atoms with van der Waals surface area (Å²) < 4.78 is 18.5. The highest BCUT2D eigenvalue weighted by Crippen LogP contribution is 2.24. The van der Waals surface area contributed by atoms with E-state index in [1.165, 1.54) is 12.1 Å². The molecule has 124 valence electrons. The summed E-state index contributed by atoms with van der Waals surface area (Å²) in [7, 11) is 0. The maximum atomic E-state index is 13.2. The molecule has 1 fully saturated rings. The van der Waals surface area contributed by atoms with E-state index in [4.69, 9.17) is 4.52 Å². The first-order valence-corrected chi connectivity index (χ1v) is 8.23. The molecule has 0 radical (unpaired) electrons. The van der Waals surface area contributed by atoms with Crippen LogP contribution in [0.1, 0.15) is 35.9 Å². The highest BCUT2D eigenvalue weighted by atomic mass is 19.1. The quantitative estimate of drug-likeness (QED) is 0.727. The van der Waals surface area contributed by atoms with Crippen molar-refractivity contribution in [3.8, 4) is 23.2 Å². The molecule has 0 aliphatic carbocycles. The van der Waals surface area contributed by atoms with E-state index in [1.807, 2.05) is 24.3 Å². The molecule has 1 atom stereocenters. The highest BCUT2D eigenvalue weighted by Gasteiger charge is 2.22. The molecule has 1 unspecified atom stereocenters. The average Bonchev–Trinajstić information content (AvgIpc) is 3.32. The van der Waals surface area contributed by atoms with Gasteiger partial charge in [-0.05, 0) is 61.9 Å². The van der Waals surface area contributed by atoms with Gasteiger partial charge in [0.05, 0.1) is 6.04 Å². The molecule has 5 heteroatoms. The van der Waals surface area contributed by atoms with E-state index < -0.39 is 0 Å². The van der Waals surface area contributed by atoms with Gasteiger partial charge in [0.25, 0.3) is 0 Å². The first-order chi connectivity index (χ1) is 12.3. The lowest BCUT2D eigenvalue weighted by Gasteiger charge is -2.01. The first kappa shape index (κ1) is 15.6. The van der Waals surface area contributed by atoms with Gasteiger partial charge >= 0.3 is 0 Å². The Morgan fingerprint density at radius 1 is 1.08 bits per heavy atom. The van der Waals surface area contributed by atoms with Crippen LogP contribution < -0.4 is 5.32 Å². The van der Waals surface area contributed by atoms with Gasteiger partial charge < -0.3 is 9.84 Å². The minimum absolute atomic E-state index is 0.164. The monoisotopic (exact) mass is 333 g/mol. The summed E-state index contributed by atoms with van der Waals surface area (Å²) in [5.74, 6) is 6.91. The lowest BCUT2D eigenvalue weighted by atomic mass is 10.1. The van der Waals surface area contributed by atoms with E-state index in [0.29, 0.717) is 17.3 Å². The third kappa shape index (κ3) is 3.59. The van der Waals surface area contributed by atoms with Crippen molar-refractivity contribution in [2.75, 3.05) is 6.54 Å². The Morgan fingerprint density at radius 2 is 1.92 bits per heavy atom. The van der Waals surface area contributed by atoms with E-state index in [-0.39, 0.29) is 11.9 Å². The predicted octanol–water partition coefficient (Wildman–Crippen LogP) is 3.70. The molecule has 1 aliphatic rings. The van der Waals surface area contributed by atoms with E-state index in [1.54, 1.807) is 12.1 Å². The molecule has 4 rings (SSSR count). The fourth-order valence-electron chi connectivity index (χ4n) is 2.80. The number of aromatic nitrogens is 2. The summed E-state index contributed by atoms with van der Waals surface area (Å²) in [4.78, 5) is 4.48. The Balaban J connectivity index is 1.50. The molecule has 3 aromatic rings. The van der Waals surface area contributed by atoms with Crippen molar-refractivity contribution in [3.63, 3.8) is 0 Å². The molecule has 1 aliphatic heterocycles. The second-order valence-electron chi connectivity index (χ2n) is 5.94. The number of hydrogen-bond donors (Lipinski definition) is 1.